The van der Waals surface area contributed by atoms with Gasteiger partial charge in [-0.05, 0) is 67.4 Å². The van der Waals surface area contributed by atoms with Gasteiger partial charge >= 0.3 is 0 Å². The van der Waals surface area contributed by atoms with E-state index in [0.717, 1.165) is 33.2 Å². The number of ether oxygens (including phenoxy) is 2. The number of para-hydroxylation sites is 1. The molecule has 0 radical (unpaired) electrons. The number of aryl methyl sites for hydroxylation is 2. The number of nitrogens with one attached hydrogen (secondary N) is 3. The van der Waals surface area contributed by atoms with Crippen molar-refractivity contribution in [2.24, 2.45) is 5.10 Å². The molecule has 11 heteroatoms. The maximum absolute atomic E-state index is 12.7. The summed E-state index contributed by atoms with van der Waals surface area (Å²) in [6.07, 6.45) is 1.44. The topological polar surface area (TPSA) is 114 Å². The van der Waals surface area contributed by atoms with Gasteiger partial charge in [0.25, 0.3) is 11.8 Å². The van der Waals surface area contributed by atoms with Crippen LogP contribution in [0, 0.1) is 13.8 Å². The van der Waals surface area contributed by atoms with Crippen molar-refractivity contribution >= 4 is 57.5 Å². The summed E-state index contributed by atoms with van der Waals surface area (Å²) in [5.41, 5.74) is 8.94. The van der Waals surface area contributed by atoms with Gasteiger partial charge in [-0.2, -0.15) is 5.10 Å². The fourth-order valence-electron chi connectivity index (χ4n) is 4.36. The zero-order chi connectivity index (χ0) is 31.8. The first-order chi connectivity index (χ1) is 21.8. The summed E-state index contributed by atoms with van der Waals surface area (Å²) < 4.78 is 11.1. The van der Waals surface area contributed by atoms with Gasteiger partial charge in [0.2, 0.25) is 0 Å². The number of carbonyl (C=O) groups excluding carboxylic acids is 2. The Bertz CT molecular complexity index is 1840. The molecule has 1 aromatic heterocycles. The summed E-state index contributed by atoms with van der Waals surface area (Å²) in [5.74, 6) is -0.179. The van der Waals surface area contributed by atoms with Gasteiger partial charge in [0, 0.05) is 27.9 Å². The lowest BCUT2D eigenvalue weighted by molar-refractivity contribution is -0.118. The molecule has 3 N–H and O–H groups in total. The van der Waals surface area contributed by atoms with E-state index in [-0.39, 0.29) is 29.2 Å². The third-order valence-corrected chi connectivity index (χ3v) is 7.65. The quantitative estimate of drug-likeness (QED) is 0.101. The first-order valence-corrected chi connectivity index (χ1v) is 15.1. The highest BCUT2D eigenvalue weighted by molar-refractivity contribution is 7.14. The maximum Gasteiger partial charge on any atom is 0.271 e. The average molecular weight is 640 g/mol. The lowest BCUT2D eigenvalue weighted by Crippen LogP contribution is -2.21. The van der Waals surface area contributed by atoms with Gasteiger partial charge < -0.3 is 20.1 Å². The molecule has 0 bridgehead atoms. The van der Waals surface area contributed by atoms with Crippen molar-refractivity contribution in [2.45, 2.75) is 13.8 Å². The highest BCUT2D eigenvalue weighted by atomic mass is 35.5. The molecule has 0 aliphatic heterocycles. The average Bonchev–Trinajstić information content (AvgIpc) is 3.50. The zero-order valence-electron chi connectivity index (χ0n) is 24.8. The number of benzene rings is 4. The Kier molecular flexibility index (Phi) is 10.1. The standard InChI is InChI=1S/C34H30ClN5O4S/c1-21-9-14-28(22(2)15-21)38-31(41)19-44-32-27(35)16-23(17-30(32)43-3)18-36-40-33(42)25-12-10-24(11-13-25)29-20-45-34(39-29)37-26-7-5-4-6-8-26/h4-18,20H,19H2,1-3H3,(H,37,39)(H,38,41)(H,40,42)/b36-18+. The summed E-state index contributed by atoms with van der Waals surface area (Å²) in [5, 5.41) is 13.1. The Balaban J connectivity index is 1.16. The Hall–Kier alpha value is -5.19. The molecule has 2 amide bonds. The van der Waals surface area contributed by atoms with Crippen LogP contribution in [0.2, 0.25) is 5.02 Å². The highest BCUT2D eigenvalue weighted by Crippen LogP contribution is 2.36. The number of methoxy groups -OCH3 is 1. The van der Waals surface area contributed by atoms with Crippen LogP contribution in [0.1, 0.15) is 27.0 Å². The van der Waals surface area contributed by atoms with E-state index in [0.29, 0.717) is 22.6 Å². The SMILES string of the molecule is COc1cc(/C=N/NC(=O)c2ccc(-c3csc(Nc4ccccc4)n3)cc2)cc(Cl)c1OCC(=O)Nc1ccc(C)cc1C. The molecule has 0 aliphatic carbocycles. The molecule has 0 aliphatic rings. The van der Waals surface area contributed by atoms with Crippen LogP contribution in [0.4, 0.5) is 16.5 Å². The van der Waals surface area contributed by atoms with Crippen molar-refractivity contribution in [3.63, 3.8) is 0 Å². The molecular formula is C34H30ClN5O4S. The van der Waals surface area contributed by atoms with Crippen LogP contribution in [0.5, 0.6) is 11.5 Å². The van der Waals surface area contributed by atoms with Gasteiger partial charge in [0.15, 0.2) is 23.2 Å². The fraction of sp³-hybridized carbons (Fsp3) is 0.118. The van der Waals surface area contributed by atoms with Crippen LogP contribution in [-0.4, -0.2) is 36.7 Å². The molecule has 4 aromatic carbocycles. The van der Waals surface area contributed by atoms with E-state index in [2.05, 4.69) is 26.1 Å². The van der Waals surface area contributed by atoms with Gasteiger partial charge in [-0.25, -0.2) is 10.4 Å². The second-order valence-electron chi connectivity index (χ2n) is 9.99. The molecular weight excluding hydrogens is 610 g/mol. The second kappa shape index (κ2) is 14.5. The lowest BCUT2D eigenvalue weighted by Gasteiger charge is -2.14. The molecule has 45 heavy (non-hydrogen) atoms. The highest BCUT2D eigenvalue weighted by Gasteiger charge is 2.15. The predicted octanol–water partition coefficient (Wildman–Crippen LogP) is 7.61. The summed E-state index contributed by atoms with van der Waals surface area (Å²) >= 11 is 7.95. The first kappa shape index (κ1) is 31.2. The molecule has 1 heterocycles. The number of carbonyl (C=O) groups is 2. The van der Waals surface area contributed by atoms with E-state index < -0.39 is 0 Å². The second-order valence-corrected chi connectivity index (χ2v) is 11.3. The van der Waals surface area contributed by atoms with E-state index in [1.807, 2.05) is 79.9 Å². The first-order valence-electron chi connectivity index (χ1n) is 13.9. The fourth-order valence-corrected chi connectivity index (χ4v) is 5.38. The van der Waals surface area contributed by atoms with Gasteiger partial charge in [-0.15, -0.1) is 11.3 Å². The van der Waals surface area contributed by atoms with Crippen molar-refractivity contribution in [1.29, 1.82) is 0 Å². The number of amides is 2. The number of hydrazone groups is 1. The van der Waals surface area contributed by atoms with Crippen molar-refractivity contribution in [3.8, 4) is 22.8 Å². The lowest BCUT2D eigenvalue weighted by atomic mass is 10.1. The number of aromatic nitrogens is 1. The van der Waals surface area contributed by atoms with Gasteiger partial charge in [-0.1, -0.05) is 59.6 Å². The van der Waals surface area contributed by atoms with E-state index >= 15 is 0 Å². The minimum absolute atomic E-state index is 0.222. The third-order valence-electron chi connectivity index (χ3n) is 6.61. The normalized spacial score (nSPS) is 10.8. The van der Waals surface area contributed by atoms with Crippen LogP contribution in [-0.2, 0) is 4.79 Å². The van der Waals surface area contributed by atoms with Crippen molar-refractivity contribution in [2.75, 3.05) is 24.4 Å². The Labute approximate surface area is 269 Å². The minimum Gasteiger partial charge on any atom is -0.493 e. The molecule has 9 nitrogen and oxygen atoms in total. The molecule has 0 fully saturated rings. The number of hydrogen-bond donors (Lipinski definition) is 3. The van der Waals surface area contributed by atoms with Gasteiger partial charge in [-0.3, -0.25) is 9.59 Å². The summed E-state index contributed by atoms with van der Waals surface area (Å²) in [6, 6.07) is 25.9. The van der Waals surface area contributed by atoms with Gasteiger partial charge in [0.05, 0.1) is 24.0 Å². The molecule has 0 atom stereocenters. The molecule has 5 aromatic rings. The largest absolute Gasteiger partial charge is 0.493 e. The number of hydrogen-bond acceptors (Lipinski definition) is 8. The number of thiazole rings is 1. The summed E-state index contributed by atoms with van der Waals surface area (Å²) in [7, 11) is 1.47. The van der Waals surface area contributed by atoms with Crippen molar-refractivity contribution in [1.82, 2.24) is 10.4 Å². The van der Waals surface area contributed by atoms with Crippen LogP contribution in [0.25, 0.3) is 11.3 Å². The monoisotopic (exact) mass is 639 g/mol. The smallest absolute Gasteiger partial charge is 0.271 e. The third kappa shape index (κ3) is 8.26. The molecule has 0 saturated carbocycles. The maximum atomic E-state index is 12.7. The van der Waals surface area contributed by atoms with Crippen LogP contribution >= 0.6 is 22.9 Å². The number of anilines is 3. The van der Waals surface area contributed by atoms with Gasteiger partial charge in [0.1, 0.15) is 0 Å². The van der Waals surface area contributed by atoms with Crippen LogP contribution < -0.4 is 25.5 Å². The Morgan fingerprint density at radius 2 is 1.78 bits per heavy atom. The zero-order valence-corrected chi connectivity index (χ0v) is 26.3. The summed E-state index contributed by atoms with van der Waals surface area (Å²) in [6.45, 7) is 3.65. The van der Waals surface area contributed by atoms with E-state index in [9.17, 15) is 9.59 Å². The molecule has 0 spiro atoms. The molecule has 228 valence electrons. The Morgan fingerprint density at radius 3 is 2.51 bits per heavy atom. The molecule has 0 unspecified atom stereocenters. The van der Waals surface area contributed by atoms with E-state index in [1.54, 1.807) is 24.3 Å². The van der Waals surface area contributed by atoms with Crippen LogP contribution in [0.3, 0.4) is 0 Å². The van der Waals surface area contributed by atoms with Crippen molar-refractivity contribution < 1.29 is 19.1 Å². The van der Waals surface area contributed by atoms with Crippen molar-refractivity contribution in [3.05, 3.63) is 118 Å². The van der Waals surface area contributed by atoms with Crippen LogP contribution in [0.15, 0.2) is 95.4 Å². The number of halogens is 1. The van der Waals surface area contributed by atoms with E-state index in [4.69, 9.17) is 21.1 Å². The Morgan fingerprint density at radius 1 is 1.00 bits per heavy atom. The number of nitrogens with zero attached hydrogens (tertiary/aromatic N) is 2. The predicted molar refractivity (Wildman–Crippen MR) is 180 cm³/mol. The summed E-state index contributed by atoms with van der Waals surface area (Å²) in [4.78, 5) is 29.8. The minimum atomic E-state index is -0.379. The number of rotatable bonds is 11. The molecule has 0 saturated heterocycles. The molecule has 5 rings (SSSR count). The van der Waals surface area contributed by atoms with E-state index in [1.165, 1.54) is 24.7 Å².